The Hall–Kier alpha value is -2.08. The van der Waals surface area contributed by atoms with E-state index >= 15 is 0 Å². The molecule has 0 aromatic heterocycles. The zero-order valence-electron chi connectivity index (χ0n) is 13.5. The molecule has 1 unspecified atom stereocenters. The number of benzene rings is 1. The summed E-state index contributed by atoms with van der Waals surface area (Å²) in [6, 6.07) is 5.99. The number of hydrogen-bond acceptors (Lipinski definition) is 5. The minimum Gasteiger partial charge on any atom is -0.491 e. The summed E-state index contributed by atoms with van der Waals surface area (Å²) in [7, 11) is 1.27. The van der Waals surface area contributed by atoms with Crippen LogP contribution in [0, 0.1) is 0 Å². The number of ether oxygens (including phenoxy) is 2. The van der Waals surface area contributed by atoms with Crippen molar-refractivity contribution in [2.24, 2.45) is 0 Å². The molecule has 0 aliphatic heterocycles. The van der Waals surface area contributed by atoms with Gasteiger partial charge < -0.3 is 19.9 Å². The molecule has 0 radical (unpaired) electrons. The number of carbonyl (C=O) groups is 2. The average Bonchev–Trinajstić information content (AvgIpc) is 2.97. The van der Waals surface area contributed by atoms with Gasteiger partial charge in [0, 0.05) is 6.92 Å². The zero-order valence-corrected chi connectivity index (χ0v) is 13.5. The van der Waals surface area contributed by atoms with E-state index in [2.05, 4.69) is 5.32 Å². The molecule has 6 nitrogen and oxygen atoms in total. The molecule has 126 valence electrons. The van der Waals surface area contributed by atoms with Crippen molar-refractivity contribution in [3.05, 3.63) is 29.8 Å². The van der Waals surface area contributed by atoms with Crippen molar-refractivity contribution >= 4 is 11.9 Å². The molecular weight excluding hydrogens is 298 g/mol. The van der Waals surface area contributed by atoms with Crippen LogP contribution in [0.15, 0.2) is 24.3 Å². The summed E-state index contributed by atoms with van der Waals surface area (Å²) in [6.45, 7) is 1.61. The number of hydrogen-bond donors (Lipinski definition) is 2. The van der Waals surface area contributed by atoms with E-state index in [1.54, 1.807) is 24.3 Å². The molecule has 6 heteroatoms. The molecule has 1 aromatic carbocycles. The molecule has 1 fully saturated rings. The van der Waals surface area contributed by atoms with Crippen LogP contribution in [-0.4, -0.2) is 36.3 Å². The third kappa shape index (κ3) is 4.69. The van der Waals surface area contributed by atoms with E-state index in [1.807, 2.05) is 0 Å². The van der Waals surface area contributed by atoms with Gasteiger partial charge in [-0.15, -0.1) is 0 Å². The van der Waals surface area contributed by atoms with Gasteiger partial charge in [-0.2, -0.15) is 0 Å². The van der Waals surface area contributed by atoms with Crippen molar-refractivity contribution in [3.8, 4) is 5.75 Å². The van der Waals surface area contributed by atoms with Crippen LogP contribution >= 0.6 is 0 Å². The van der Waals surface area contributed by atoms with E-state index in [9.17, 15) is 14.7 Å². The lowest BCUT2D eigenvalue weighted by molar-refractivity contribution is -0.145. The molecule has 2 rings (SSSR count). The number of aliphatic hydroxyl groups is 1. The Labute approximate surface area is 135 Å². The van der Waals surface area contributed by atoms with E-state index in [1.165, 1.54) is 14.0 Å². The standard InChI is InChI=1S/C17H23NO5/c1-12(19)18-15(16(20)22-2)13-5-7-14(8-6-13)23-11-17(21)9-3-4-10-17/h5-8,15,21H,3-4,9-11H2,1-2H3,(H,18,19). The predicted molar refractivity (Wildman–Crippen MR) is 83.9 cm³/mol. The molecule has 0 spiro atoms. The predicted octanol–water partition coefficient (Wildman–Crippen LogP) is 1.72. The SMILES string of the molecule is COC(=O)C(NC(C)=O)c1ccc(OCC2(O)CCCC2)cc1. The Morgan fingerprint density at radius 1 is 1.26 bits per heavy atom. The first-order valence-corrected chi connectivity index (χ1v) is 7.74. The molecule has 1 amide bonds. The molecular formula is C17H23NO5. The van der Waals surface area contributed by atoms with Crippen molar-refractivity contribution in [3.63, 3.8) is 0 Å². The number of carbonyl (C=O) groups excluding carboxylic acids is 2. The van der Waals surface area contributed by atoms with Gasteiger partial charge in [0.05, 0.1) is 12.7 Å². The Balaban J connectivity index is 2.01. The Morgan fingerprint density at radius 3 is 2.39 bits per heavy atom. The fraction of sp³-hybridized carbons (Fsp3) is 0.529. The number of esters is 1. The fourth-order valence-corrected chi connectivity index (χ4v) is 2.75. The van der Waals surface area contributed by atoms with Crippen molar-refractivity contribution in [1.29, 1.82) is 0 Å². The Morgan fingerprint density at radius 2 is 1.87 bits per heavy atom. The monoisotopic (exact) mass is 321 g/mol. The highest BCUT2D eigenvalue weighted by Crippen LogP contribution is 2.30. The molecule has 1 aromatic rings. The molecule has 0 bridgehead atoms. The Kier molecular flexibility index (Phi) is 5.60. The highest BCUT2D eigenvalue weighted by molar-refractivity contribution is 5.84. The van der Waals surface area contributed by atoms with Crippen LogP contribution < -0.4 is 10.1 Å². The molecule has 0 saturated heterocycles. The van der Waals surface area contributed by atoms with Crippen LogP contribution in [0.4, 0.5) is 0 Å². The van der Waals surface area contributed by atoms with E-state index < -0.39 is 17.6 Å². The fourth-order valence-electron chi connectivity index (χ4n) is 2.75. The van der Waals surface area contributed by atoms with Crippen LogP contribution in [0.25, 0.3) is 0 Å². The van der Waals surface area contributed by atoms with Crippen molar-refractivity contribution in [2.75, 3.05) is 13.7 Å². The highest BCUT2D eigenvalue weighted by Gasteiger charge is 2.32. The summed E-state index contributed by atoms with van der Waals surface area (Å²) in [5, 5.41) is 12.8. The minimum atomic E-state index is -0.842. The van der Waals surface area contributed by atoms with Gasteiger partial charge in [-0.1, -0.05) is 25.0 Å². The van der Waals surface area contributed by atoms with E-state index in [0.717, 1.165) is 25.7 Å². The summed E-state index contributed by atoms with van der Waals surface area (Å²) in [6.07, 6.45) is 3.57. The summed E-state index contributed by atoms with van der Waals surface area (Å²) in [4.78, 5) is 23.0. The molecule has 2 N–H and O–H groups in total. The number of amides is 1. The summed E-state index contributed by atoms with van der Waals surface area (Å²) in [5.74, 6) is -0.237. The maximum absolute atomic E-state index is 11.8. The van der Waals surface area contributed by atoms with Gasteiger partial charge in [0.1, 0.15) is 12.4 Å². The third-order valence-corrected chi connectivity index (χ3v) is 4.04. The Bertz CT molecular complexity index is 549. The summed E-state index contributed by atoms with van der Waals surface area (Å²) in [5.41, 5.74) is -0.123. The normalized spacial score (nSPS) is 17.3. The smallest absolute Gasteiger partial charge is 0.333 e. The lowest BCUT2D eigenvalue weighted by atomic mass is 10.0. The van der Waals surface area contributed by atoms with Gasteiger partial charge in [0.25, 0.3) is 0 Å². The van der Waals surface area contributed by atoms with Crippen LogP contribution in [0.1, 0.15) is 44.2 Å². The van der Waals surface area contributed by atoms with Crippen LogP contribution in [0.5, 0.6) is 5.75 Å². The van der Waals surface area contributed by atoms with Crippen LogP contribution in [0.3, 0.4) is 0 Å². The van der Waals surface area contributed by atoms with E-state index in [0.29, 0.717) is 11.3 Å². The van der Waals surface area contributed by atoms with Gasteiger partial charge in [-0.25, -0.2) is 4.79 Å². The first-order chi connectivity index (χ1) is 10.9. The summed E-state index contributed by atoms with van der Waals surface area (Å²) < 4.78 is 10.4. The second kappa shape index (κ2) is 7.46. The quantitative estimate of drug-likeness (QED) is 0.779. The van der Waals surface area contributed by atoms with Crippen molar-refractivity contribution in [1.82, 2.24) is 5.32 Å². The molecule has 1 atom stereocenters. The van der Waals surface area contributed by atoms with Crippen LogP contribution in [0.2, 0.25) is 0 Å². The minimum absolute atomic E-state index is 0.262. The first-order valence-electron chi connectivity index (χ1n) is 7.74. The lowest BCUT2D eigenvalue weighted by Gasteiger charge is -2.22. The first kappa shape index (κ1) is 17.3. The van der Waals surface area contributed by atoms with Gasteiger partial charge in [0.15, 0.2) is 6.04 Å². The second-order valence-electron chi connectivity index (χ2n) is 5.95. The second-order valence-corrected chi connectivity index (χ2v) is 5.95. The van der Waals surface area contributed by atoms with Gasteiger partial charge >= 0.3 is 5.97 Å². The average molecular weight is 321 g/mol. The number of nitrogens with one attached hydrogen (secondary N) is 1. The highest BCUT2D eigenvalue weighted by atomic mass is 16.5. The third-order valence-electron chi connectivity index (χ3n) is 4.04. The maximum atomic E-state index is 11.8. The van der Waals surface area contributed by atoms with Crippen molar-refractivity contribution < 1.29 is 24.2 Å². The van der Waals surface area contributed by atoms with E-state index in [4.69, 9.17) is 9.47 Å². The zero-order chi connectivity index (χ0) is 16.9. The van der Waals surface area contributed by atoms with Gasteiger partial charge in [-0.05, 0) is 30.5 Å². The van der Waals surface area contributed by atoms with Crippen LogP contribution in [-0.2, 0) is 14.3 Å². The topological polar surface area (TPSA) is 84.9 Å². The van der Waals surface area contributed by atoms with E-state index in [-0.39, 0.29) is 12.5 Å². The molecule has 1 aliphatic carbocycles. The summed E-state index contributed by atoms with van der Waals surface area (Å²) >= 11 is 0. The maximum Gasteiger partial charge on any atom is 0.333 e. The van der Waals surface area contributed by atoms with Gasteiger partial charge in [0.2, 0.25) is 5.91 Å². The lowest BCUT2D eigenvalue weighted by Crippen LogP contribution is -2.33. The van der Waals surface area contributed by atoms with Gasteiger partial charge in [-0.3, -0.25) is 4.79 Å². The number of rotatable bonds is 6. The molecule has 0 heterocycles. The number of methoxy groups -OCH3 is 1. The molecule has 23 heavy (non-hydrogen) atoms. The molecule has 1 aliphatic rings. The molecule has 1 saturated carbocycles. The largest absolute Gasteiger partial charge is 0.491 e. The van der Waals surface area contributed by atoms with Crippen molar-refractivity contribution in [2.45, 2.75) is 44.2 Å².